The van der Waals surface area contributed by atoms with E-state index in [0.29, 0.717) is 19.1 Å². The van der Waals surface area contributed by atoms with Gasteiger partial charge in [0.15, 0.2) is 0 Å². The fourth-order valence-corrected chi connectivity index (χ4v) is 2.59. The van der Waals surface area contributed by atoms with Gasteiger partial charge in [-0.25, -0.2) is 8.78 Å². The van der Waals surface area contributed by atoms with Gasteiger partial charge in [-0.15, -0.1) is 0 Å². The first-order valence-corrected chi connectivity index (χ1v) is 7.09. The predicted molar refractivity (Wildman–Crippen MR) is 81.2 cm³/mol. The van der Waals surface area contributed by atoms with E-state index in [1.165, 1.54) is 12.1 Å². The standard InChI is InChI=1S/C14H19F2N3S/c1-9(2)18-3-5-19(6-4-18)13-11(15)7-10(14(17)20)8-12(13)16/h7-9H,3-6H2,1-2H3,(H2,17,20). The first-order chi connectivity index (χ1) is 9.40. The highest BCUT2D eigenvalue weighted by atomic mass is 32.1. The van der Waals surface area contributed by atoms with Crippen molar-refractivity contribution < 1.29 is 8.78 Å². The van der Waals surface area contributed by atoms with E-state index in [-0.39, 0.29) is 16.2 Å². The summed E-state index contributed by atoms with van der Waals surface area (Å²) in [4.78, 5) is 4.03. The van der Waals surface area contributed by atoms with Crippen LogP contribution in [0.1, 0.15) is 19.4 Å². The fourth-order valence-electron chi connectivity index (χ4n) is 2.47. The summed E-state index contributed by atoms with van der Waals surface area (Å²) in [5.41, 5.74) is 5.65. The van der Waals surface area contributed by atoms with Crippen LogP contribution in [-0.4, -0.2) is 42.1 Å². The maximum Gasteiger partial charge on any atom is 0.150 e. The molecule has 1 aliphatic heterocycles. The van der Waals surface area contributed by atoms with Crippen molar-refractivity contribution in [3.8, 4) is 0 Å². The van der Waals surface area contributed by atoms with E-state index in [4.69, 9.17) is 18.0 Å². The molecule has 0 radical (unpaired) electrons. The number of nitrogens with two attached hydrogens (primary N) is 1. The topological polar surface area (TPSA) is 32.5 Å². The van der Waals surface area contributed by atoms with Crippen LogP contribution in [0.5, 0.6) is 0 Å². The lowest BCUT2D eigenvalue weighted by atomic mass is 10.1. The van der Waals surface area contributed by atoms with Gasteiger partial charge in [0.2, 0.25) is 0 Å². The van der Waals surface area contributed by atoms with Crippen molar-refractivity contribution in [2.24, 2.45) is 5.73 Å². The van der Waals surface area contributed by atoms with E-state index in [9.17, 15) is 8.78 Å². The van der Waals surface area contributed by atoms with Gasteiger partial charge in [-0.05, 0) is 26.0 Å². The monoisotopic (exact) mass is 299 g/mol. The van der Waals surface area contributed by atoms with E-state index in [1.54, 1.807) is 4.90 Å². The molecule has 0 atom stereocenters. The molecule has 1 fully saturated rings. The van der Waals surface area contributed by atoms with Crippen LogP contribution in [-0.2, 0) is 0 Å². The zero-order valence-corrected chi connectivity index (χ0v) is 12.5. The van der Waals surface area contributed by atoms with E-state index in [0.717, 1.165) is 13.1 Å². The van der Waals surface area contributed by atoms with Gasteiger partial charge in [0.1, 0.15) is 22.3 Å². The molecule has 1 aliphatic rings. The molecule has 1 heterocycles. The third-order valence-electron chi connectivity index (χ3n) is 3.66. The Labute approximate surface area is 123 Å². The lowest BCUT2D eigenvalue weighted by Gasteiger charge is -2.38. The van der Waals surface area contributed by atoms with Crippen molar-refractivity contribution in [3.05, 3.63) is 29.3 Å². The third-order valence-corrected chi connectivity index (χ3v) is 3.90. The lowest BCUT2D eigenvalue weighted by Crippen LogP contribution is -2.49. The first-order valence-electron chi connectivity index (χ1n) is 6.68. The Morgan fingerprint density at radius 1 is 1.15 bits per heavy atom. The summed E-state index contributed by atoms with van der Waals surface area (Å²) in [5.74, 6) is -1.21. The Balaban J connectivity index is 2.20. The van der Waals surface area contributed by atoms with Gasteiger partial charge in [0, 0.05) is 37.8 Å². The maximum absolute atomic E-state index is 14.1. The number of benzene rings is 1. The Morgan fingerprint density at radius 2 is 1.65 bits per heavy atom. The minimum atomic E-state index is -0.606. The Morgan fingerprint density at radius 3 is 2.05 bits per heavy atom. The Hall–Kier alpha value is -1.27. The molecule has 2 rings (SSSR count). The quantitative estimate of drug-likeness (QED) is 0.867. The summed E-state index contributed by atoms with van der Waals surface area (Å²) in [5, 5.41) is 0. The van der Waals surface area contributed by atoms with Gasteiger partial charge in [-0.3, -0.25) is 4.90 Å². The molecule has 110 valence electrons. The Kier molecular flexibility index (Phi) is 4.55. The molecule has 0 spiro atoms. The number of hydrogen-bond donors (Lipinski definition) is 1. The normalized spacial score (nSPS) is 16.8. The smallest absolute Gasteiger partial charge is 0.150 e. The molecule has 0 saturated carbocycles. The number of hydrogen-bond acceptors (Lipinski definition) is 3. The highest BCUT2D eigenvalue weighted by molar-refractivity contribution is 7.80. The average Bonchev–Trinajstić information content (AvgIpc) is 2.38. The highest BCUT2D eigenvalue weighted by Crippen LogP contribution is 2.26. The molecule has 1 aromatic carbocycles. The molecular weight excluding hydrogens is 280 g/mol. The summed E-state index contributed by atoms with van der Waals surface area (Å²) >= 11 is 4.75. The van der Waals surface area contributed by atoms with E-state index >= 15 is 0 Å². The lowest BCUT2D eigenvalue weighted by molar-refractivity contribution is 0.208. The van der Waals surface area contributed by atoms with Crippen molar-refractivity contribution in [1.29, 1.82) is 0 Å². The number of rotatable bonds is 3. The largest absolute Gasteiger partial charge is 0.389 e. The van der Waals surface area contributed by atoms with Crippen molar-refractivity contribution in [3.63, 3.8) is 0 Å². The molecule has 0 aromatic heterocycles. The van der Waals surface area contributed by atoms with Crippen LogP contribution in [0.4, 0.5) is 14.5 Å². The number of thiocarbonyl (C=S) groups is 1. The second-order valence-corrected chi connectivity index (χ2v) is 5.71. The zero-order chi connectivity index (χ0) is 14.9. The van der Waals surface area contributed by atoms with Crippen LogP contribution in [0, 0.1) is 11.6 Å². The molecule has 0 bridgehead atoms. The molecule has 3 nitrogen and oxygen atoms in total. The number of nitrogens with zero attached hydrogens (tertiary/aromatic N) is 2. The number of anilines is 1. The third kappa shape index (κ3) is 3.07. The van der Waals surface area contributed by atoms with Gasteiger partial charge in [0.05, 0.1) is 0 Å². The second kappa shape index (κ2) is 6.01. The van der Waals surface area contributed by atoms with Crippen LogP contribution in [0.2, 0.25) is 0 Å². The molecule has 0 aliphatic carbocycles. The van der Waals surface area contributed by atoms with Crippen molar-refractivity contribution in [2.75, 3.05) is 31.1 Å². The SMILES string of the molecule is CC(C)N1CCN(c2c(F)cc(C(N)=S)cc2F)CC1. The highest BCUT2D eigenvalue weighted by Gasteiger charge is 2.24. The van der Waals surface area contributed by atoms with Crippen LogP contribution in [0.3, 0.4) is 0 Å². The van der Waals surface area contributed by atoms with Gasteiger partial charge in [-0.2, -0.15) is 0 Å². The van der Waals surface area contributed by atoms with Crippen LogP contribution >= 0.6 is 12.2 Å². The van der Waals surface area contributed by atoms with Gasteiger partial charge in [-0.1, -0.05) is 12.2 Å². The molecule has 1 saturated heterocycles. The van der Waals surface area contributed by atoms with Crippen LogP contribution < -0.4 is 10.6 Å². The van der Waals surface area contributed by atoms with Gasteiger partial charge >= 0.3 is 0 Å². The molecule has 20 heavy (non-hydrogen) atoms. The first kappa shape index (κ1) is 15.1. The minimum Gasteiger partial charge on any atom is -0.389 e. The van der Waals surface area contributed by atoms with E-state index in [2.05, 4.69) is 18.7 Å². The fraction of sp³-hybridized carbons (Fsp3) is 0.500. The zero-order valence-electron chi connectivity index (χ0n) is 11.7. The van der Waals surface area contributed by atoms with Crippen LogP contribution in [0.25, 0.3) is 0 Å². The number of piperazine rings is 1. The molecule has 1 aromatic rings. The minimum absolute atomic E-state index is 0.000947. The number of halogens is 2. The predicted octanol–water partition coefficient (Wildman–Crippen LogP) is 2.13. The molecule has 2 N–H and O–H groups in total. The van der Waals surface area contributed by atoms with E-state index < -0.39 is 11.6 Å². The van der Waals surface area contributed by atoms with Crippen LogP contribution in [0.15, 0.2) is 12.1 Å². The summed E-state index contributed by atoms with van der Waals surface area (Å²) < 4.78 is 28.2. The van der Waals surface area contributed by atoms with Crippen molar-refractivity contribution in [1.82, 2.24) is 4.90 Å². The van der Waals surface area contributed by atoms with E-state index in [1.807, 2.05) is 0 Å². The molecule has 0 unspecified atom stereocenters. The molecular formula is C14H19F2N3S. The van der Waals surface area contributed by atoms with Crippen molar-refractivity contribution in [2.45, 2.75) is 19.9 Å². The summed E-state index contributed by atoms with van der Waals surface area (Å²) in [6.45, 7) is 7.06. The van der Waals surface area contributed by atoms with Crippen molar-refractivity contribution >= 4 is 22.9 Å². The average molecular weight is 299 g/mol. The van der Waals surface area contributed by atoms with Gasteiger partial charge in [0.25, 0.3) is 0 Å². The maximum atomic E-state index is 14.1. The summed E-state index contributed by atoms with van der Waals surface area (Å²) in [6.07, 6.45) is 0. The summed E-state index contributed by atoms with van der Waals surface area (Å²) in [6, 6.07) is 2.86. The Bertz CT molecular complexity index is 488. The second-order valence-electron chi connectivity index (χ2n) is 5.27. The van der Waals surface area contributed by atoms with Gasteiger partial charge < -0.3 is 10.6 Å². The molecule has 6 heteroatoms. The molecule has 0 amide bonds. The summed E-state index contributed by atoms with van der Waals surface area (Å²) in [7, 11) is 0.